The highest BCUT2D eigenvalue weighted by atomic mass is 35.5. The zero-order valence-corrected chi connectivity index (χ0v) is 15.4. The molecule has 1 aromatic carbocycles. The van der Waals surface area contributed by atoms with E-state index in [4.69, 9.17) is 28.3 Å². The fourth-order valence-electron chi connectivity index (χ4n) is 2.62. The lowest BCUT2D eigenvalue weighted by Gasteiger charge is -2.31. The van der Waals surface area contributed by atoms with Crippen LogP contribution in [0, 0.1) is 5.92 Å². The molecule has 0 aromatic heterocycles. The molecule has 0 spiro atoms. The fraction of sp³-hybridized carbons (Fsp3) is 0.533. The molecule has 1 amide bonds. The number of nitrogens with zero attached hydrogens (tertiary/aromatic N) is 1. The maximum absolute atomic E-state index is 12.8. The molecule has 2 rings (SSSR count). The van der Waals surface area contributed by atoms with Gasteiger partial charge < -0.3 is 10.4 Å². The number of piperidine rings is 1. The van der Waals surface area contributed by atoms with Crippen LogP contribution in [0.15, 0.2) is 23.1 Å². The van der Waals surface area contributed by atoms with Crippen molar-refractivity contribution in [3.8, 4) is 0 Å². The third kappa shape index (κ3) is 4.61. The summed E-state index contributed by atoms with van der Waals surface area (Å²) >= 11 is 11.9. The van der Waals surface area contributed by atoms with Crippen LogP contribution >= 0.6 is 23.2 Å². The highest BCUT2D eigenvalue weighted by Crippen LogP contribution is 2.30. The van der Waals surface area contributed by atoms with Crippen LogP contribution in [0.1, 0.15) is 19.3 Å². The molecule has 0 radical (unpaired) electrons. The summed E-state index contributed by atoms with van der Waals surface area (Å²) < 4.78 is 26.9. The largest absolute Gasteiger partial charge is 0.396 e. The summed E-state index contributed by atoms with van der Waals surface area (Å²) in [5.74, 6) is -0.606. The lowest BCUT2D eigenvalue weighted by Crippen LogP contribution is -2.45. The van der Waals surface area contributed by atoms with E-state index in [0.717, 1.165) is 0 Å². The predicted octanol–water partition coefficient (Wildman–Crippen LogP) is 1.89. The second-order valence-corrected chi connectivity index (χ2v) is 8.40. The first kappa shape index (κ1) is 19.5. The van der Waals surface area contributed by atoms with Crippen molar-refractivity contribution < 1.29 is 18.3 Å². The molecule has 1 heterocycles. The number of carbonyl (C=O) groups excluding carboxylic acids is 1. The van der Waals surface area contributed by atoms with Crippen LogP contribution in [0.25, 0.3) is 0 Å². The minimum atomic E-state index is -3.81. The second-order valence-electron chi connectivity index (χ2n) is 5.65. The molecule has 0 aliphatic carbocycles. The van der Waals surface area contributed by atoms with E-state index in [1.807, 2.05) is 0 Å². The number of carbonyl (C=O) groups is 1. The van der Waals surface area contributed by atoms with Crippen LogP contribution in [0.5, 0.6) is 0 Å². The Labute approximate surface area is 151 Å². The van der Waals surface area contributed by atoms with E-state index >= 15 is 0 Å². The van der Waals surface area contributed by atoms with Gasteiger partial charge in [0.1, 0.15) is 4.90 Å². The van der Waals surface area contributed by atoms with E-state index in [9.17, 15) is 13.2 Å². The van der Waals surface area contributed by atoms with Gasteiger partial charge in [0.2, 0.25) is 15.9 Å². The Morgan fingerprint density at radius 3 is 2.83 bits per heavy atom. The highest BCUT2D eigenvalue weighted by Gasteiger charge is 2.34. The van der Waals surface area contributed by atoms with Gasteiger partial charge in [-0.25, -0.2) is 8.42 Å². The van der Waals surface area contributed by atoms with Gasteiger partial charge in [0.05, 0.1) is 10.9 Å². The number of nitrogens with one attached hydrogen (secondary N) is 1. The first-order valence-corrected chi connectivity index (χ1v) is 9.89. The van der Waals surface area contributed by atoms with Crippen LogP contribution in [0.2, 0.25) is 10.0 Å². The average molecular weight is 395 g/mol. The van der Waals surface area contributed by atoms with Gasteiger partial charge in [0, 0.05) is 31.3 Å². The number of amides is 1. The number of hydrogen-bond donors (Lipinski definition) is 2. The van der Waals surface area contributed by atoms with Crippen LogP contribution in [-0.4, -0.2) is 50.0 Å². The van der Waals surface area contributed by atoms with Crippen molar-refractivity contribution in [3.63, 3.8) is 0 Å². The molecule has 1 unspecified atom stereocenters. The molecule has 6 nitrogen and oxygen atoms in total. The van der Waals surface area contributed by atoms with Crippen molar-refractivity contribution in [2.75, 3.05) is 26.2 Å². The van der Waals surface area contributed by atoms with E-state index in [2.05, 4.69) is 5.32 Å². The summed E-state index contributed by atoms with van der Waals surface area (Å²) in [4.78, 5) is 12.1. The van der Waals surface area contributed by atoms with Gasteiger partial charge in [-0.3, -0.25) is 4.79 Å². The summed E-state index contributed by atoms with van der Waals surface area (Å²) in [6.45, 7) is 0.819. The topological polar surface area (TPSA) is 86.7 Å². The molecule has 24 heavy (non-hydrogen) atoms. The van der Waals surface area contributed by atoms with Crippen molar-refractivity contribution in [1.29, 1.82) is 0 Å². The third-order valence-electron chi connectivity index (χ3n) is 3.90. The average Bonchev–Trinajstić information content (AvgIpc) is 2.57. The Kier molecular flexibility index (Phi) is 6.88. The Hall–Kier alpha value is -0.860. The van der Waals surface area contributed by atoms with E-state index in [0.29, 0.717) is 32.4 Å². The van der Waals surface area contributed by atoms with E-state index in [1.54, 1.807) is 0 Å². The number of halogens is 2. The second kappa shape index (κ2) is 8.49. The van der Waals surface area contributed by atoms with Crippen LogP contribution in [-0.2, 0) is 14.8 Å². The molecule has 2 N–H and O–H groups in total. The zero-order valence-electron chi connectivity index (χ0n) is 13.0. The maximum Gasteiger partial charge on any atom is 0.244 e. The Morgan fingerprint density at radius 2 is 2.12 bits per heavy atom. The molecule has 134 valence electrons. The lowest BCUT2D eigenvalue weighted by molar-refractivity contribution is -0.126. The summed E-state index contributed by atoms with van der Waals surface area (Å²) in [6, 6.07) is 4.29. The van der Waals surface area contributed by atoms with Crippen molar-refractivity contribution in [2.45, 2.75) is 24.2 Å². The van der Waals surface area contributed by atoms with Crippen LogP contribution in [0.3, 0.4) is 0 Å². The molecule has 9 heteroatoms. The molecule has 1 fully saturated rings. The summed E-state index contributed by atoms with van der Waals surface area (Å²) in [7, 11) is -3.81. The molecule has 1 aliphatic heterocycles. The van der Waals surface area contributed by atoms with Crippen LogP contribution < -0.4 is 5.32 Å². The number of benzene rings is 1. The Balaban J connectivity index is 2.13. The van der Waals surface area contributed by atoms with Gasteiger partial charge in [-0.15, -0.1) is 0 Å². The van der Waals surface area contributed by atoms with Gasteiger partial charge in [-0.05, 0) is 37.5 Å². The monoisotopic (exact) mass is 394 g/mol. The number of rotatable bonds is 6. The standard InChI is InChI=1S/C15H20Cl2N2O4S/c16-12-4-5-13(17)14(9-12)24(22,23)19-7-1-3-11(10-19)15(21)18-6-2-8-20/h4-5,9,11,20H,1-3,6-8,10H2,(H,18,21). The Bertz CT molecular complexity index is 697. The third-order valence-corrected chi connectivity index (χ3v) is 6.48. The molecular weight excluding hydrogens is 375 g/mol. The minimum Gasteiger partial charge on any atom is -0.396 e. The van der Waals surface area contributed by atoms with E-state index in [-0.39, 0.29) is 34.0 Å². The minimum absolute atomic E-state index is 0.00127. The summed E-state index contributed by atoms with van der Waals surface area (Å²) in [5, 5.41) is 11.9. The number of sulfonamides is 1. The summed E-state index contributed by atoms with van der Waals surface area (Å²) in [5.41, 5.74) is 0. The van der Waals surface area contributed by atoms with Gasteiger partial charge in [-0.1, -0.05) is 23.2 Å². The van der Waals surface area contributed by atoms with E-state index < -0.39 is 15.9 Å². The number of aliphatic hydroxyl groups excluding tert-OH is 1. The maximum atomic E-state index is 12.8. The van der Waals surface area contributed by atoms with Crippen molar-refractivity contribution in [3.05, 3.63) is 28.2 Å². The highest BCUT2D eigenvalue weighted by molar-refractivity contribution is 7.89. The first-order chi connectivity index (χ1) is 11.4. The van der Waals surface area contributed by atoms with Crippen molar-refractivity contribution in [1.82, 2.24) is 9.62 Å². The van der Waals surface area contributed by atoms with Gasteiger partial charge >= 0.3 is 0 Å². The van der Waals surface area contributed by atoms with Crippen molar-refractivity contribution >= 4 is 39.1 Å². The van der Waals surface area contributed by atoms with E-state index in [1.165, 1.54) is 22.5 Å². The van der Waals surface area contributed by atoms with Gasteiger partial charge in [0.15, 0.2) is 0 Å². The zero-order chi connectivity index (χ0) is 17.7. The molecule has 1 aromatic rings. The first-order valence-electron chi connectivity index (χ1n) is 7.70. The number of hydrogen-bond acceptors (Lipinski definition) is 4. The fourth-order valence-corrected chi connectivity index (χ4v) is 4.88. The number of aliphatic hydroxyl groups is 1. The molecule has 1 atom stereocenters. The quantitative estimate of drug-likeness (QED) is 0.721. The predicted molar refractivity (Wildman–Crippen MR) is 92.7 cm³/mol. The smallest absolute Gasteiger partial charge is 0.244 e. The normalized spacial score (nSPS) is 19.2. The lowest BCUT2D eigenvalue weighted by atomic mass is 9.99. The molecular formula is C15H20Cl2N2O4S. The molecule has 1 saturated heterocycles. The summed E-state index contributed by atoms with van der Waals surface area (Å²) in [6.07, 6.45) is 1.69. The van der Waals surface area contributed by atoms with Gasteiger partial charge in [0.25, 0.3) is 0 Å². The van der Waals surface area contributed by atoms with Gasteiger partial charge in [-0.2, -0.15) is 4.31 Å². The molecule has 0 bridgehead atoms. The Morgan fingerprint density at radius 1 is 1.38 bits per heavy atom. The molecule has 1 aliphatic rings. The SMILES string of the molecule is O=C(NCCCO)C1CCCN(S(=O)(=O)c2cc(Cl)ccc2Cl)C1. The van der Waals surface area contributed by atoms with Crippen molar-refractivity contribution in [2.24, 2.45) is 5.92 Å². The molecule has 0 saturated carbocycles. The van der Waals surface area contributed by atoms with Crippen LogP contribution in [0.4, 0.5) is 0 Å².